The molecule has 126 valence electrons. The summed E-state index contributed by atoms with van der Waals surface area (Å²) in [6, 6.07) is 7.93. The molecule has 0 heterocycles. The van der Waals surface area contributed by atoms with E-state index in [0.717, 1.165) is 24.3 Å². The predicted molar refractivity (Wildman–Crippen MR) is 83.4 cm³/mol. The highest BCUT2D eigenvalue weighted by Gasteiger charge is 2.14. The van der Waals surface area contributed by atoms with Gasteiger partial charge in [-0.15, -0.1) is 3.89 Å². The third kappa shape index (κ3) is 4.35. The fraction of sp³-hybridized carbons (Fsp3) is 0.0667. The average molecular weight is 354 g/mol. The quantitative estimate of drug-likeness (QED) is 0.826. The van der Waals surface area contributed by atoms with E-state index in [4.69, 9.17) is 0 Å². The van der Waals surface area contributed by atoms with Crippen molar-refractivity contribution in [1.29, 1.82) is 0 Å². The second-order valence-electron chi connectivity index (χ2n) is 4.80. The topological polar surface area (TPSA) is 92.3 Å². The molecule has 0 bridgehead atoms. The molecule has 0 saturated carbocycles. The maximum atomic E-state index is 13.5. The van der Waals surface area contributed by atoms with Gasteiger partial charge in [-0.1, -0.05) is 6.07 Å². The molecule has 0 fully saturated rings. The lowest BCUT2D eigenvalue weighted by Crippen LogP contribution is -2.14. The summed E-state index contributed by atoms with van der Waals surface area (Å²) in [5, 5.41) is 4.60. The summed E-state index contributed by atoms with van der Waals surface area (Å²) in [6.07, 6.45) is 0. The Morgan fingerprint density at radius 3 is 2.38 bits per heavy atom. The zero-order valence-corrected chi connectivity index (χ0v) is 13.2. The van der Waals surface area contributed by atoms with E-state index in [1.165, 1.54) is 25.1 Å². The van der Waals surface area contributed by atoms with E-state index in [2.05, 4.69) is 10.6 Å². The number of halogens is 2. The zero-order chi connectivity index (χ0) is 17.9. The molecule has 2 N–H and O–H groups in total. The molecule has 0 aliphatic rings. The summed E-state index contributed by atoms with van der Waals surface area (Å²) in [6.45, 7) is 1.19. The molecule has 24 heavy (non-hydrogen) atoms. The largest absolute Gasteiger partial charge is 0.332 e. The van der Waals surface area contributed by atoms with Crippen molar-refractivity contribution in [2.75, 3.05) is 10.6 Å². The van der Waals surface area contributed by atoms with E-state index >= 15 is 0 Å². The van der Waals surface area contributed by atoms with E-state index in [1.807, 2.05) is 0 Å². The Hall–Kier alpha value is -2.81. The van der Waals surface area contributed by atoms with Crippen LogP contribution in [0.5, 0.6) is 0 Å². The van der Waals surface area contributed by atoms with Gasteiger partial charge in [-0.3, -0.25) is 9.59 Å². The Balaban J connectivity index is 2.26. The van der Waals surface area contributed by atoms with Crippen LogP contribution in [0.15, 0.2) is 47.4 Å². The first-order valence-corrected chi connectivity index (χ1v) is 7.98. The SMILES string of the molecule is CC(=O)Nc1cc(C(=O)Nc2cccc(S(=O)(=O)F)c2)ccc1F. The average Bonchev–Trinajstić information content (AvgIpc) is 2.48. The number of carbonyl (C=O) groups is 2. The second-order valence-corrected chi connectivity index (χ2v) is 6.14. The molecule has 0 unspecified atom stereocenters. The molecular formula is C15H12F2N2O4S. The lowest BCUT2D eigenvalue weighted by molar-refractivity contribution is -0.114. The smallest absolute Gasteiger partial charge is 0.324 e. The molecule has 0 aromatic heterocycles. The molecule has 0 spiro atoms. The number of rotatable bonds is 4. The molecule has 2 amide bonds. The van der Waals surface area contributed by atoms with Crippen LogP contribution in [0.4, 0.5) is 19.7 Å². The van der Waals surface area contributed by atoms with Gasteiger partial charge < -0.3 is 10.6 Å². The van der Waals surface area contributed by atoms with Crippen LogP contribution < -0.4 is 10.6 Å². The summed E-state index contributed by atoms with van der Waals surface area (Å²) < 4.78 is 48.2. The van der Waals surface area contributed by atoms with Crippen molar-refractivity contribution >= 4 is 33.4 Å². The fourth-order valence-corrected chi connectivity index (χ4v) is 2.39. The minimum atomic E-state index is -4.90. The zero-order valence-electron chi connectivity index (χ0n) is 12.3. The molecule has 2 rings (SSSR count). The van der Waals surface area contributed by atoms with Crippen LogP contribution in [0.2, 0.25) is 0 Å². The summed E-state index contributed by atoms with van der Waals surface area (Å²) >= 11 is 0. The monoisotopic (exact) mass is 354 g/mol. The highest BCUT2D eigenvalue weighted by atomic mass is 32.3. The van der Waals surface area contributed by atoms with Crippen LogP contribution in [0.3, 0.4) is 0 Å². The van der Waals surface area contributed by atoms with E-state index in [-0.39, 0.29) is 16.9 Å². The van der Waals surface area contributed by atoms with Crippen LogP contribution in [0.1, 0.15) is 17.3 Å². The van der Waals surface area contributed by atoms with Crippen molar-refractivity contribution < 1.29 is 26.3 Å². The van der Waals surface area contributed by atoms with Crippen molar-refractivity contribution in [2.45, 2.75) is 11.8 Å². The van der Waals surface area contributed by atoms with Crippen molar-refractivity contribution in [3.05, 3.63) is 53.8 Å². The summed E-state index contributed by atoms with van der Waals surface area (Å²) in [5.74, 6) is -1.91. The Kier molecular flexibility index (Phi) is 4.93. The molecule has 0 aliphatic carbocycles. The Morgan fingerprint density at radius 2 is 1.75 bits per heavy atom. The van der Waals surface area contributed by atoms with E-state index in [0.29, 0.717) is 0 Å². The first kappa shape index (κ1) is 17.5. The molecule has 0 saturated heterocycles. The second kappa shape index (κ2) is 6.75. The van der Waals surface area contributed by atoms with E-state index < -0.39 is 32.8 Å². The maximum absolute atomic E-state index is 13.5. The minimum Gasteiger partial charge on any atom is -0.324 e. The first-order valence-electron chi connectivity index (χ1n) is 6.60. The molecule has 2 aromatic rings. The van der Waals surface area contributed by atoms with Crippen LogP contribution in [-0.4, -0.2) is 20.2 Å². The number of anilines is 2. The van der Waals surface area contributed by atoms with Gasteiger partial charge in [-0.2, -0.15) is 8.42 Å². The lowest BCUT2D eigenvalue weighted by Gasteiger charge is -2.09. The van der Waals surface area contributed by atoms with Gasteiger partial charge in [-0.05, 0) is 36.4 Å². The molecule has 0 aliphatic heterocycles. The Labute approximate surface area is 136 Å². The number of amides is 2. The maximum Gasteiger partial charge on any atom is 0.332 e. The molecule has 0 atom stereocenters. The van der Waals surface area contributed by atoms with Gasteiger partial charge in [0.2, 0.25) is 5.91 Å². The van der Waals surface area contributed by atoms with Gasteiger partial charge in [0, 0.05) is 18.2 Å². The van der Waals surface area contributed by atoms with Crippen molar-refractivity contribution in [1.82, 2.24) is 0 Å². The predicted octanol–water partition coefficient (Wildman–Crippen LogP) is 2.69. The normalized spacial score (nSPS) is 11.0. The van der Waals surface area contributed by atoms with Crippen LogP contribution in [-0.2, 0) is 15.0 Å². The van der Waals surface area contributed by atoms with Crippen molar-refractivity contribution in [3.8, 4) is 0 Å². The van der Waals surface area contributed by atoms with Crippen molar-refractivity contribution in [2.24, 2.45) is 0 Å². The van der Waals surface area contributed by atoms with Crippen LogP contribution in [0.25, 0.3) is 0 Å². The molecule has 9 heteroatoms. The van der Waals surface area contributed by atoms with E-state index in [9.17, 15) is 26.3 Å². The number of hydrogen-bond donors (Lipinski definition) is 2. The number of nitrogens with one attached hydrogen (secondary N) is 2. The third-order valence-electron chi connectivity index (χ3n) is 2.91. The summed E-state index contributed by atoms with van der Waals surface area (Å²) in [5.41, 5.74) is -0.104. The van der Waals surface area contributed by atoms with Crippen LogP contribution in [0, 0.1) is 5.82 Å². The highest BCUT2D eigenvalue weighted by molar-refractivity contribution is 7.86. The Bertz CT molecular complexity index is 913. The van der Waals surface area contributed by atoms with Crippen LogP contribution >= 0.6 is 0 Å². The highest BCUT2D eigenvalue weighted by Crippen LogP contribution is 2.20. The number of hydrogen-bond acceptors (Lipinski definition) is 4. The fourth-order valence-electron chi connectivity index (χ4n) is 1.88. The van der Waals surface area contributed by atoms with E-state index in [1.54, 1.807) is 0 Å². The van der Waals surface area contributed by atoms with Crippen molar-refractivity contribution in [3.63, 3.8) is 0 Å². The molecule has 0 radical (unpaired) electrons. The molecular weight excluding hydrogens is 342 g/mol. The molecule has 6 nitrogen and oxygen atoms in total. The number of benzene rings is 2. The van der Waals surface area contributed by atoms with Gasteiger partial charge >= 0.3 is 10.2 Å². The lowest BCUT2D eigenvalue weighted by atomic mass is 10.1. The molecule has 2 aromatic carbocycles. The van der Waals surface area contributed by atoms with Gasteiger partial charge in [0.15, 0.2) is 0 Å². The minimum absolute atomic E-state index is 0.0219. The van der Waals surface area contributed by atoms with Gasteiger partial charge in [-0.25, -0.2) is 4.39 Å². The Morgan fingerprint density at radius 1 is 1.04 bits per heavy atom. The summed E-state index contributed by atoms with van der Waals surface area (Å²) in [7, 11) is -4.90. The van der Waals surface area contributed by atoms with Gasteiger partial charge in [0.1, 0.15) is 10.7 Å². The van der Waals surface area contributed by atoms with Gasteiger partial charge in [0.25, 0.3) is 5.91 Å². The number of carbonyl (C=O) groups excluding carboxylic acids is 2. The van der Waals surface area contributed by atoms with Gasteiger partial charge in [0.05, 0.1) is 5.69 Å². The standard InChI is InChI=1S/C15H12F2N2O4S/c1-9(20)18-14-7-10(5-6-13(14)16)15(21)19-11-3-2-4-12(8-11)24(17,22)23/h2-8H,1H3,(H,18,20)(H,19,21). The third-order valence-corrected chi connectivity index (χ3v) is 3.73. The summed E-state index contributed by atoms with van der Waals surface area (Å²) in [4.78, 5) is 22.5. The first-order chi connectivity index (χ1) is 11.2.